The molecule has 0 spiro atoms. The number of methoxy groups -OCH3 is 2. The molecule has 0 fully saturated rings. The van der Waals surface area contributed by atoms with Crippen molar-refractivity contribution in [2.24, 2.45) is 0 Å². The highest BCUT2D eigenvalue weighted by Gasteiger charge is 2.25. The quantitative estimate of drug-likeness (QED) is 0.152. The summed E-state index contributed by atoms with van der Waals surface area (Å²) < 4.78 is 44.5. The van der Waals surface area contributed by atoms with E-state index in [2.05, 4.69) is 124 Å². The van der Waals surface area contributed by atoms with E-state index in [4.69, 9.17) is 44.3 Å². The molecule has 12 rings (SSSR count). The fraction of sp³-hybridized carbons (Fsp3) is 0.262. The Hall–Kier alpha value is -6.63. The van der Waals surface area contributed by atoms with Gasteiger partial charge in [-0.2, -0.15) is 0 Å². The molecule has 0 bridgehead atoms. The van der Waals surface area contributed by atoms with Gasteiger partial charge in [0.15, 0.2) is 11.6 Å². The number of hydrogen-bond donors (Lipinski definition) is 0. The third-order valence-electron chi connectivity index (χ3n) is 15.4. The molecule has 9 aromatic rings. The van der Waals surface area contributed by atoms with Crippen molar-refractivity contribution < 1.29 is 18.3 Å². The molecule has 0 saturated heterocycles. The van der Waals surface area contributed by atoms with Crippen LogP contribution in [0.3, 0.4) is 0 Å². The molecule has 3 aromatic heterocycles. The zero-order chi connectivity index (χ0) is 54.9. The lowest BCUT2D eigenvalue weighted by Crippen LogP contribution is -2.26. The smallest absolute Gasteiger partial charge is 0.165 e. The van der Waals surface area contributed by atoms with Gasteiger partial charge in [0.1, 0.15) is 11.6 Å². The number of benzene rings is 6. The molecule has 0 amide bonds. The first kappa shape index (κ1) is 54.7. The largest absolute Gasteiger partial charge is 0.497 e. The van der Waals surface area contributed by atoms with E-state index < -0.39 is 0 Å². The molecule has 3 aliphatic heterocycles. The van der Waals surface area contributed by atoms with E-state index in [1.54, 1.807) is 13.2 Å². The summed E-state index contributed by atoms with van der Waals surface area (Å²) in [5, 5.41) is 5.97. The Kier molecular flexibility index (Phi) is 16.4. The molecule has 402 valence electrons. The van der Waals surface area contributed by atoms with Crippen LogP contribution in [0.2, 0.25) is 15.1 Å². The van der Waals surface area contributed by atoms with Crippen LogP contribution in [0, 0.1) is 11.6 Å². The van der Waals surface area contributed by atoms with E-state index >= 15 is 0 Å². The van der Waals surface area contributed by atoms with Crippen LogP contribution in [0.5, 0.6) is 11.5 Å². The van der Waals surface area contributed by atoms with E-state index in [9.17, 15) is 8.78 Å². The van der Waals surface area contributed by atoms with Crippen LogP contribution in [0.15, 0.2) is 121 Å². The number of likely N-dealkylation sites (N-methyl/N-ethyl adjacent to an activating group) is 3. The maximum atomic E-state index is 14.1. The van der Waals surface area contributed by atoms with Gasteiger partial charge in [-0.15, -0.1) is 0 Å². The van der Waals surface area contributed by atoms with Gasteiger partial charge in [-0.25, -0.2) is 8.78 Å². The third-order valence-corrected chi connectivity index (χ3v) is 16.1. The molecule has 8 nitrogen and oxygen atoms in total. The first-order valence-electron chi connectivity index (χ1n) is 26.4. The number of halogens is 5. The van der Waals surface area contributed by atoms with E-state index in [0.29, 0.717) is 0 Å². The van der Waals surface area contributed by atoms with Crippen molar-refractivity contribution in [1.82, 2.24) is 28.4 Å². The van der Waals surface area contributed by atoms with Gasteiger partial charge in [0.2, 0.25) is 0 Å². The summed E-state index contributed by atoms with van der Waals surface area (Å²) in [5.41, 5.74) is 18.0. The van der Waals surface area contributed by atoms with Crippen molar-refractivity contribution in [1.29, 1.82) is 0 Å². The highest BCUT2D eigenvalue weighted by molar-refractivity contribution is 6.32. The lowest BCUT2D eigenvalue weighted by Gasteiger charge is -2.23. The van der Waals surface area contributed by atoms with Crippen LogP contribution < -0.4 is 9.47 Å². The SMILES string of the molecule is C/C(=C\n1c2c(c3cc(Cl)ccc31)CN(C)CC2)c1ccc(F)cc1.COc1ccc(/C(C)=C/n2c3c(c4cc(Cl)ccc42)CN(C)CC3)cc1.COc1ccc(/C(C)=C/n2c3c(c4cc(Cl)ccc42)CN(C)CC3)cc1F. The monoisotopic (exact) mass is 1100 g/mol. The van der Waals surface area contributed by atoms with Gasteiger partial charge in [-0.3, -0.25) is 0 Å². The van der Waals surface area contributed by atoms with Crippen LogP contribution in [0.25, 0.3) is 68.0 Å². The lowest BCUT2D eigenvalue weighted by molar-refractivity contribution is 0.312. The molecule has 78 heavy (non-hydrogen) atoms. The number of rotatable bonds is 8. The van der Waals surface area contributed by atoms with Crippen molar-refractivity contribution in [3.05, 3.63) is 198 Å². The Labute approximate surface area is 471 Å². The topological polar surface area (TPSA) is 43.0 Å². The van der Waals surface area contributed by atoms with E-state index in [0.717, 1.165) is 107 Å². The van der Waals surface area contributed by atoms with Crippen LogP contribution in [0.1, 0.15) is 71.2 Å². The van der Waals surface area contributed by atoms with Gasteiger partial charge in [0.05, 0.1) is 30.8 Å². The van der Waals surface area contributed by atoms with E-state index in [1.165, 1.54) is 97.4 Å². The minimum atomic E-state index is -0.351. The van der Waals surface area contributed by atoms with E-state index in [1.807, 2.05) is 61.5 Å². The Morgan fingerprint density at radius 2 is 0.808 bits per heavy atom. The van der Waals surface area contributed by atoms with Crippen molar-refractivity contribution in [2.75, 3.05) is 55.0 Å². The van der Waals surface area contributed by atoms with Gasteiger partial charge in [-0.05, 0) is 183 Å². The Balaban J connectivity index is 0.000000132. The Morgan fingerprint density at radius 1 is 0.449 bits per heavy atom. The summed E-state index contributed by atoms with van der Waals surface area (Å²) in [6.07, 6.45) is 9.53. The molecule has 0 atom stereocenters. The molecule has 3 aliphatic rings. The first-order chi connectivity index (χ1) is 37.6. The molecule has 6 aromatic carbocycles. The number of allylic oxidation sites excluding steroid dienone is 3. The number of fused-ring (bicyclic) bond motifs is 9. The summed E-state index contributed by atoms with van der Waals surface area (Å²) in [6.45, 7) is 12.2. The third kappa shape index (κ3) is 11.4. The second-order valence-electron chi connectivity index (χ2n) is 20.9. The molecular formula is C65H65Cl3F2N6O2. The molecule has 0 saturated carbocycles. The predicted octanol–water partition coefficient (Wildman–Crippen LogP) is 16.2. The molecule has 0 N–H and O–H groups in total. The zero-order valence-corrected chi connectivity index (χ0v) is 47.8. The molecule has 0 unspecified atom stereocenters. The average molecular weight is 1110 g/mol. The van der Waals surface area contributed by atoms with Crippen LogP contribution in [0.4, 0.5) is 8.78 Å². The molecule has 0 radical (unpaired) electrons. The second kappa shape index (κ2) is 23.4. The van der Waals surface area contributed by atoms with Gasteiger partial charge in [0.25, 0.3) is 0 Å². The fourth-order valence-electron chi connectivity index (χ4n) is 11.2. The minimum absolute atomic E-state index is 0.210. The van der Waals surface area contributed by atoms with Gasteiger partial charge in [0, 0.05) is 125 Å². The summed E-state index contributed by atoms with van der Waals surface area (Å²) >= 11 is 18.8. The minimum Gasteiger partial charge on any atom is -0.497 e. The number of aromatic nitrogens is 3. The van der Waals surface area contributed by atoms with Gasteiger partial charge >= 0.3 is 0 Å². The number of nitrogens with zero attached hydrogens (tertiary/aromatic N) is 6. The fourth-order valence-corrected chi connectivity index (χ4v) is 11.7. The highest BCUT2D eigenvalue weighted by Crippen LogP contribution is 2.37. The average Bonchev–Trinajstić information content (AvgIpc) is 4.25. The van der Waals surface area contributed by atoms with Crippen LogP contribution >= 0.6 is 34.8 Å². The Morgan fingerprint density at radius 3 is 1.17 bits per heavy atom. The highest BCUT2D eigenvalue weighted by atomic mass is 35.5. The maximum Gasteiger partial charge on any atom is 0.165 e. The predicted molar refractivity (Wildman–Crippen MR) is 323 cm³/mol. The Bertz CT molecular complexity index is 3800. The van der Waals surface area contributed by atoms with Crippen molar-refractivity contribution in [3.8, 4) is 11.5 Å². The van der Waals surface area contributed by atoms with E-state index in [-0.39, 0.29) is 17.4 Å². The molecule has 6 heterocycles. The standard InChI is InChI=1S/C22H22ClFN2O.C22H23ClN2O.C21H20ClFN2/c1-14(15-4-7-22(27-3)19(24)10-15)12-26-20-6-5-16(23)11-17(20)18-13-25(2)9-8-21(18)26;1-15(16-4-7-18(26-3)8-5-16)13-25-21-9-6-17(23)12-19(21)20-14-24(2)11-10-22(20)25;1-14(15-3-6-17(23)7-4-15)12-25-20-8-5-16(22)11-18(20)19-13-24(2)10-9-21(19)25/h4-7,10-12H,8-9,13H2,1-3H3;4-9,12-13H,10-11,14H2,1-3H3;3-8,11-12H,9-10,13H2,1-2H3/b14-12+;15-13+;14-12+. The van der Waals surface area contributed by atoms with Gasteiger partial charge < -0.3 is 37.9 Å². The van der Waals surface area contributed by atoms with Crippen LogP contribution in [-0.4, -0.2) is 83.4 Å². The molecule has 13 heteroatoms. The van der Waals surface area contributed by atoms with Crippen LogP contribution in [-0.2, 0) is 38.9 Å². The number of ether oxygens (including phenoxy) is 2. The number of hydrogen-bond acceptors (Lipinski definition) is 5. The molecule has 0 aliphatic carbocycles. The summed E-state index contributed by atoms with van der Waals surface area (Å²) in [5.74, 6) is 0.574. The first-order valence-corrected chi connectivity index (χ1v) is 27.5. The zero-order valence-electron chi connectivity index (χ0n) is 45.5. The molecular weight excluding hydrogens is 1040 g/mol. The maximum absolute atomic E-state index is 14.1. The summed E-state index contributed by atoms with van der Waals surface area (Å²) in [6, 6.07) is 38.3. The van der Waals surface area contributed by atoms with Crippen molar-refractivity contribution in [3.63, 3.8) is 0 Å². The summed E-state index contributed by atoms with van der Waals surface area (Å²) in [7, 11) is 9.63. The van der Waals surface area contributed by atoms with Crippen molar-refractivity contribution >= 4 is 103 Å². The van der Waals surface area contributed by atoms with Crippen molar-refractivity contribution in [2.45, 2.75) is 59.7 Å². The second-order valence-corrected chi connectivity index (χ2v) is 22.2. The van der Waals surface area contributed by atoms with Gasteiger partial charge in [-0.1, -0.05) is 65.1 Å². The summed E-state index contributed by atoms with van der Waals surface area (Å²) in [4.78, 5) is 7.03. The lowest BCUT2D eigenvalue weighted by atomic mass is 10.0. The normalized spacial score (nSPS) is 15.4.